The van der Waals surface area contributed by atoms with Gasteiger partial charge in [-0.25, -0.2) is 0 Å². The van der Waals surface area contributed by atoms with Crippen LogP contribution in [0.2, 0.25) is 0 Å². The molecule has 3 rings (SSSR count). The summed E-state index contributed by atoms with van der Waals surface area (Å²) < 4.78 is 4.29. The first-order valence-electron chi connectivity index (χ1n) is 6.45. The molecule has 2 aromatic rings. The van der Waals surface area contributed by atoms with Crippen LogP contribution in [0.4, 0.5) is 5.00 Å². The van der Waals surface area contributed by atoms with Crippen molar-refractivity contribution in [2.24, 2.45) is 0 Å². The van der Waals surface area contributed by atoms with Gasteiger partial charge in [0, 0.05) is 6.04 Å². The van der Waals surface area contributed by atoms with Gasteiger partial charge in [0.25, 0.3) is 0 Å². The number of ketones is 1. The van der Waals surface area contributed by atoms with Gasteiger partial charge in [0.1, 0.15) is 5.00 Å². The minimum absolute atomic E-state index is 0.0873. The third kappa shape index (κ3) is 2.28. The Morgan fingerprint density at radius 3 is 2.53 bits per heavy atom. The zero-order valence-electron chi connectivity index (χ0n) is 11.1. The lowest BCUT2D eigenvalue weighted by molar-refractivity contribution is 0.101. The standard InChI is InChI=1S/C15H16N2OS/c1-9-14(10(2)18)15(19-17-9)16-13-7-11-5-3-4-6-12(11)8-13/h3-6,13,16H,7-8H2,1-2H3. The fourth-order valence-corrected chi connectivity index (χ4v) is 3.65. The number of hydrogen-bond acceptors (Lipinski definition) is 4. The highest BCUT2D eigenvalue weighted by Gasteiger charge is 2.23. The summed E-state index contributed by atoms with van der Waals surface area (Å²) in [6.45, 7) is 3.49. The van der Waals surface area contributed by atoms with E-state index in [2.05, 4.69) is 34.0 Å². The van der Waals surface area contributed by atoms with Crippen LogP contribution in [-0.4, -0.2) is 16.2 Å². The summed E-state index contributed by atoms with van der Waals surface area (Å²) in [6.07, 6.45) is 2.04. The second-order valence-corrected chi connectivity index (χ2v) is 5.82. The van der Waals surface area contributed by atoms with Crippen LogP contribution < -0.4 is 5.32 Å². The third-order valence-corrected chi connectivity index (χ3v) is 4.47. The predicted molar refractivity (Wildman–Crippen MR) is 78.1 cm³/mol. The van der Waals surface area contributed by atoms with E-state index in [1.54, 1.807) is 6.92 Å². The second kappa shape index (κ2) is 4.78. The van der Waals surface area contributed by atoms with Gasteiger partial charge >= 0.3 is 0 Å². The average molecular weight is 272 g/mol. The average Bonchev–Trinajstić information content (AvgIpc) is 2.92. The summed E-state index contributed by atoms with van der Waals surface area (Å²) in [5.74, 6) is 0.0873. The van der Waals surface area contributed by atoms with E-state index < -0.39 is 0 Å². The number of aromatic nitrogens is 1. The summed E-state index contributed by atoms with van der Waals surface area (Å²) in [5, 5.41) is 4.41. The number of anilines is 1. The Kier molecular flexibility index (Phi) is 3.11. The molecule has 0 aliphatic heterocycles. The predicted octanol–water partition coefficient (Wildman–Crippen LogP) is 3.23. The highest BCUT2D eigenvalue weighted by Crippen LogP contribution is 2.29. The summed E-state index contributed by atoms with van der Waals surface area (Å²) >= 11 is 1.39. The summed E-state index contributed by atoms with van der Waals surface area (Å²) in [7, 11) is 0. The van der Waals surface area contributed by atoms with Crippen LogP contribution in [0.1, 0.15) is 34.1 Å². The van der Waals surface area contributed by atoms with E-state index in [9.17, 15) is 4.79 Å². The topological polar surface area (TPSA) is 42.0 Å². The van der Waals surface area contributed by atoms with E-state index in [1.165, 1.54) is 22.7 Å². The molecular weight excluding hydrogens is 256 g/mol. The van der Waals surface area contributed by atoms with Crippen molar-refractivity contribution < 1.29 is 4.79 Å². The lowest BCUT2D eigenvalue weighted by Crippen LogP contribution is -2.20. The number of carbonyl (C=O) groups excluding carboxylic acids is 1. The van der Waals surface area contributed by atoms with Crippen LogP contribution in [0.15, 0.2) is 24.3 Å². The Labute approximate surface area is 116 Å². The zero-order valence-corrected chi connectivity index (χ0v) is 11.9. The summed E-state index contributed by atoms with van der Waals surface area (Å²) in [6, 6.07) is 8.90. The van der Waals surface area contributed by atoms with Crippen molar-refractivity contribution in [1.29, 1.82) is 0 Å². The molecule has 1 aromatic carbocycles. The molecule has 98 valence electrons. The Morgan fingerprint density at radius 1 is 1.32 bits per heavy atom. The molecule has 1 aliphatic rings. The van der Waals surface area contributed by atoms with Crippen LogP contribution in [0.25, 0.3) is 0 Å². The first-order valence-corrected chi connectivity index (χ1v) is 7.23. The van der Waals surface area contributed by atoms with E-state index in [1.807, 2.05) is 6.92 Å². The molecule has 0 bridgehead atoms. The van der Waals surface area contributed by atoms with Gasteiger partial charge in [-0.1, -0.05) is 24.3 Å². The van der Waals surface area contributed by atoms with Crippen molar-refractivity contribution in [3.05, 3.63) is 46.6 Å². The molecule has 0 saturated heterocycles. The molecular formula is C15H16N2OS. The molecule has 19 heavy (non-hydrogen) atoms. The van der Waals surface area contributed by atoms with Crippen molar-refractivity contribution in [1.82, 2.24) is 4.37 Å². The molecule has 0 saturated carbocycles. The largest absolute Gasteiger partial charge is 0.372 e. The van der Waals surface area contributed by atoms with Crippen molar-refractivity contribution >= 4 is 22.3 Å². The third-order valence-electron chi connectivity index (χ3n) is 3.60. The number of nitrogens with zero attached hydrogens (tertiary/aromatic N) is 1. The number of Topliss-reactive ketones (excluding diaryl/α,β-unsaturated/α-hetero) is 1. The van der Waals surface area contributed by atoms with Crippen molar-refractivity contribution in [3.8, 4) is 0 Å². The number of fused-ring (bicyclic) bond motifs is 1. The zero-order chi connectivity index (χ0) is 13.4. The van der Waals surface area contributed by atoms with Gasteiger partial charge in [-0.2, -0.15) is 4.37 Å². The smallest absolute Gasteiger partial charge is 0.164 e. The molecule has 0 unspecified atom stereocenters. The Balaban J connectivity index is 1.80. The van der Waals surface area contributed by atoms with Crippen LogP contribution in [0, 0.1) is 6.92 Å². The van der Waals surface area contributed by atoms with E-state index in [0.29, 0.717) is 6.04 Å². The number of rotatable bonds is 3. The Morgan fingerprint density at radius 2 is 1.95 bits per heavy atom. The van der Waals surface area contributed by atoms with Crippen molar-refractivity contribution in [2.45, 2.75) is 32.7 Å². The molecule has 1 aliphatic carbocycles. The molecule has 0 fully saturated rings. The minimum Gasteiger partial charge on any atom is -0.372 e. The van der Waals surface area contributed by atoms with Gasteiger partial charge in [-0.15, -0.1) is 0 Å². The van der Waals surface area contributed by atoms with E-state index in [0.717, 1.165) is 29.1 Å². The number of benzene rings is 1. The fourth-order valence-electron chi connectivity index (χ4n) is 2.73. The molecule has 0 atom stereocenters. The quantitative estimate of drug-likeness (QED) is 0.872. The number of carbonyl (C=O) groups is 1. The van der Waals surface area contributed by atoms with E-state index in [-0.39, 0.29) is 5.78 Å². The van der Waals surface area contributed by atoms with Gasteiger partial charge in [-0.3, -0.25) is 4.79 Å². The van der Waals surface area contributed by atoms with Crippen LogP contribution in [0.5, 0.6) is 0 Å². The first kappa shape index (κ1) is 12.4. The highest BCUT2D eigenvalue weighted by atomic mass is 32.1. The molecule has 1 aromatic heterocycles. The molecule has 3 nitrogen and oxygen atoms in total. The Hall–Kier alpha value is -1.68. The van der Waals surface area contributed by atoms with Crippen LogP contribution in [0.3, 0.4) is 0 Å². The minimum atomic E-state index is 0.0873. The monoisotopic (exact) mass is 272 g/mol. The van der Waals surface area contributed by atoms with Crippen LogP contribution >= 0.6 is 11.5 Å². The van der Waals surface area contributed by atoms with E-state index >= 15 is 0 Å². The second-order valence-electron chi connectivity index (χ2n) is 5.05. The van der Waals surface area contributed by atoms with Crippen molar-refractivity contribution in [2.75, 3.05) is 5.32 Å². The molecule has 1 N–H and O–H groups in total. The highest BCUT2D eigenvalue weighted by molar-refractivity contribution is 7.10. The molecule has 0 radical (unpaired) electrons. The maximum Gasteiger partial charge on any atom is 0.164 e. The number of nitrogens with one attached hydrogen (secondary N) is 1. The molecule has 0 amide bonds. The molecule has 4 heteroatoms. The van der Waals surface area contributed by atoms with Gasteiger partial charge in [0.2, 0.25) is 0 Å². The lowest BCUT2D eigenvalue weighted by Gasteiger charge is -2.12. The van der Waals surface area contributed by atoms with Gasteiger partial charge in [-0.05, 0) is 49.3 Å². The summed E-state index contributed by atoms with van der Waals surface area (Å²) in [4.78, 5) is 11.7. The lowest BCUT2D eigenvalue weighted by atomic mass is 10.1. The molecule has 0 spiro atoms. The number of aryl methyl sites for hydroxylation is 1. The number of hydrogen-bond donors (Lipinski definition) is 1. The first-order chi connectivity index (χ1) is 9.15. The van der Waals surface area contributed by atoms with Gasteiger partial charge in [0.05, 0.1) is 11.3 Å². The maximum absolute atomic E-state index is 11.7. The Bertz CT molecular complexity index is 608. The fraction of sp³-hybridized carbons (Fsp3) is 0.333. The van der Waals surface area contributed by atoms with Gasteiger partial charge < -0.3 is 5.32 Å². The molecule has 1 heterocycles. The van der Waals surface area contributed by atoms with Gasteiger partial charge in [0.15, 0.2) is 5.78 Å². The van der Waals surface area contributed by atoms with Crippen LogP contribution in [-0.2, 0) is 12.8 Å². The maximum atomic E-state index is 11.7. The SMILES string of the molecule is CC(=O)c1c(C)nsc1NC1Cc2ccccc2C1. The van der Waals surface area contributed by atoms with Crippen molar-refractivity contribution in [3.63, 3.8) is 0 Å². The van der Waals surface area contributed by atoms with E-state index in [4.69, 9.17) is 0 Å². The summed E-state index contributed by atoms with van der Waals surface area (Å²) in [5.41, 5.74) is 4.40. The normalized spacial score (nSPS) is 14.4.